The molecule has 0 radical (unpaired) electrons. The van der Waals surface area contributed by atoms with Crippen LogP contribution in [0.15, 0.2) is 24.3 Å². The average molecular weight is 289 g/mol. The lowest BCUT2D eigenvalue weighted by atomic mass is 9.94. The van der Waals surface area contributed by atoms with Crippen LogP contribution in [0.4, 0.5) is 0 Å². The lowest BCUT2D eigenvalue weighted by Gasteiger charge is -2.30. The highest BCUT2D eigenvalue weighted by atomic mass is 16.5. The maximum Gasteiger partial charge on any atom is 0.244 e. The number of hydrogen-bond donors (Lipinski definition) is 2. The highest BCUT2D eigenvalue weighted by molar-refractivity contribution is 5.92. The van der Waals surface area contributed by atoms with Crippen molar-refractivity contribution < 1.29 is 14.6 Å². The molecule has 0 aliphatic carbocycles. The van der Waals surface area contributed by atoms with Gasteiger partial charge in [0.15, 0.2) is 0 Å². The Balaban J connectivity index is 2.02. The third-order valence-corrected chi connectivity index (χ3v) is 4.19. The minimum absolute atomic E-state index is 0.0459. The number of aliphatic hydroxyl groups excluding tert-OH is 1. The first kappa shape index (κ1) is 15.6. The first-order valence-corrected chi connectivity index (χ1v) is 7.49. The third-order valence-electron chi connectivity index (χ3n) is 4.19. The molecule has 0 saturated heterocycles. The lowest BCUT2D eigenvalue weighted by molar-refractivity contribution is -0.119. The molecule has 2 N–H and O–H groups in total. The monoisotopic (exact) mass is 289 g/mol. The summed E-state index contributed by atoms with van der Waals surface area (Å²) >= 11 is 0. The van der Waals surface area contributed by atoms with Crippen LogP contribution in [0.5, 0.6) is 5.75 Å². The molecule has 2 rings (SSSR count). The summed E-state index contributed by atoms with van der Waals surface area (Å²) in [6.45, 7) is 4.61. The number of amides is 1. The maximum absolute atomic E-state index is 12.0. The van der Waals surface area contributed by atoms with Crippen LogP contribution >= 0.6 is 0 Å². The highest BCUT2D eigenvalue weighted by Gasteiger charge is 2.26. The van der Waals surface area contributed by atoms with E-state index in [2.05, 4.69) is 5.32 Å². The van der Waals surface area contributed by atoms with Gasteiger partial charge < -0.3 is 15.2 Å². The van der Waals surface area contributed by atoms with E-state index in [0.29, 0.717) is 12.8 Å². The van der Waals surface area contributed by atoms with Crippen molar-refractivity contribution in [3.8, 4) is 5.75 Å². The van der Waals surface area contributed by atoms with Crippen LogP contribution in [0.2, 0.25) is 0 Å². The number of hydrogen-bond acceptors (Lipinski definition) is 3. The van der Waals surface area contributed by atoms with E-state index in [9.17, 15) is 9.90 Å². The Morgan fingerprint density at radius 2 is 2.19 bits per heavy atom. The molecule has 0 unspecified atom stereocenters. The fraction of sp³-hybridized carbons (Fsp3) is 0.471. The third kappa shape index (κ3) is 3.64. The Kier molecular flexibility index (Phi) is 5.02. The molecule has 0 aromatic heterocycles. The van der Waals surface area contributed by atoms with E-state index < -0.39 is 5.54 Å². The van der Waals surface area contributed by atoms with Gasteiger partial charge in [0.25, 0.3) is 0 Å². The molecule has 1 aliphatic rings. The van der Waals surface area contributed by atoms with Crippen LogP contribution < -0.4 is 10.1 Å². The van der Waals surface area contributed by atoms with Crippen LogP contribution in [-0.4, -0.2) is 29.8 Å². The summed E-state index contributed by atoms with van der Waals surface area (Å²) < 4.78 is 5.46. The van der Waals surface area contributed by atoms with Gasteiger partial charge in [0, 0.05) is 12.5 Å². The Labute approximate surface area is 125 Å². The van der Waals surface area contributed by atoms with Crippen LogP contribution in [0.3, 0.4) is 0 Å². The fourth-order valence-corrected chi connectivity index (χ4v) is 2.48. The van der Waals surface area contributed by atoms with E-state index in [-0.39, 0.29) is 12.5 Å². The average Bonchev–Trinajstić information content (AvgIpc) is 2.98. The fourth-order valence-electron chi connectivity index (χ4n) is 2.48. The van der Waals surface area contributed by atoms with Gasteiger partial charge in [-0.3, -0.25) is 4.79 Å². The van der Waals surface area contributed by atoms with Crippen molar-refractivity contribution in [3.63, 3.8) is 0 Å². The molecule has 1 amide bonds. The molecule has 114 valence electrons. The first-order valence-electron chi connectivity index (χ1n) is 7.49. The molecule has 0 atom stereocenters. The normalized spacial score (nSPS) is 14.0. The number of nitrogens with one attached hydrogen (secondary N) is 1. The molecule has 0 bridgehead atoms. The van der Waals surface area contributed by atoms with Crippen LogP contribution in [0, 0.1) is 0 Å². The Morgan fingerprint density at radius 3 is 2.86 bits per heavy atom. The number of fused-ring (bicyclic) bond motifs is 1. The van der Waals surface area contributed by atoms with Crippen molar-refractivity contribution in [3.05, 3.63) is 35.4 Å². The van der Waals surface area contributed by atoms with Crippen molar-refractivity contribution in [2.75, 3.05) is 13.2 Å². The zero-order chi connectivity index (χ0) is 15.3. The van der Waals surface area contributed by atoms with E-state index in [1.807, 2.05) is 32.0 Å². The molecule has 0 saturated carbocycles. The van der Waals surface area contributed by atoms with E-state index in [1.165, 1.54) is 11.6 Å². The van der Waals surface area contributed by atoms with E-state index in [0.717, 1.165) is 24.3 Å². The summed E-state index contributed by atoms with van der Waals surface area (Å²) in [5, 5.41) is 12.4. The highest BCUT2D eigenvalue weighted by Crippen LogP contribution is 2.26. The summed E-state index contributed by atoms with van der Waals surface area (Å²) in [5.74, 6) is 0.761. The molecule has 1 aromatic rings. The Hall–Kier alpha value is -1.81. The van der Waals surface area contributed by atoms with Gasteiger partial charge in [0.1, 0.15) is 5.75 Å². The zero-order valence-corrected chi connectivity index (χ0v) is 12.7. The number of rotatable bonds is 6. The van der Waals surface area contributed by atoms with Crippen LogP contribution in [0.1, 0.15) is 37.8 Å². The van der Waals surface area contributed by atoms with Gasteiger partial charge in [0.05, 0.1) is 18.8 Å². The number of carbonyl (C=O) groups excluding carboxylic acids is 1. The summed E-state index contributed by atoms with van der Waals surface area (Å²) in [6, 6.07) is 5.92. The number of aliphatic hydroxyl groups is 1. The van der Waals surface area contributed by atoms with Crippen molar-refractivity contribution in [1.82, 2.24) is 5.32 Å². The quantitative estimate of drug-likeness (QED) is 0.790. The Bertz CT molecular complexity index is 525. The second-order valence-corrected chi connectivity index (χ2v) is 5.43. The van der Waals surface area contributed by atoms with E-state index in [4.69, 9.17) is 4.74 Å². The Morgan fingerprint density at radius 1 is 1.43 bits per heavy atom. The molecule has 1 aromatic carbocycles. The first-order chi connectivity index (χ1) is 10.1. The van der Waals surface area contributed by atoms with Gasteiger partial charge in [-0.2, -0.15) is 0 Å². The number of benzene rings is 1. The molecular weight excluding hydrogens is 266 g/mol. The number of carbonyl (C=O) groups is 1. The lowest BCUT2D eigenvalue weighted by Crippen LogP contribution is -2.49. The van der Waals surface area contributed by atoms with Gasteiger partial charge in [-0.15, -0.1) is 0 Å². The second-order valence-electron chi connectivity index (χ2n) is 5.43. The van der Waals surface area contributed by atoms with E-state index >= 15 is 0 Å². The van der Waals surface area contributed by atoms with Gasteiger partial charge in [-0.05, 0) is 42.2 Å². The zero-order valence-electron chi connectivity index (χ0n) is 12.7. The van der Waals surface area contributed by atoms with Gasteiger partial charge in [-0.1, -0.05) is 19.9 Å². The molecule has 4 heteroatoms. The van der Waals surface area contributed by atoms with Gasteiger partial charge in [-0.25, -0.2) is 0 Å². The van der Waals surface area contributed by atoms with Crippen molar-refractivity contribution in [2.45, 2.75) is 38.6 Å². The summed E-state index contributed by atoms with van der Waals surface area (Å²) in [5.41, 5.74) is 1.65. The molecule has 1 aliphatic heterocycles. The number of ether oxygens (including phenoxy) is 1. The van der Waals surface area contributed by atoms with Gasteiger partial charge >= 0.3 is 0 Å². The van der Waals surface area contributed by atoms with Crippen LogP contribution in [0.25, 0.3) is 6.08 Å². The van der Waals surface area contributed by atoms with Crippen molar-refractivity contribution in [2.24, 2.45) is 0 Å². The minimum Gasteiger partial charge on any atom is -0.493 e. The molecular formula is C17H23NO3. The SMILES string of the molecule is CCC(CC)(CO)NC(=O)C=Cc1ccc2c(c1)CCO2. The van der Waals surface area contributed by atoms with Gasteiger partial charge in [0.2, 0.25) is 5.91 Å². The topological polar surface area (TPSA) is 58.6 Å². The standard InChI is InChI=1S/C17H23NO3/c1-3-17(4-2,12-19)18-16(20)8-6-13-5-7-15-14(11-13)9-10-21-15/h5-8,11,19H,3-4,9-10,12H2,1-2H3,(H,18,20). The van der Waals surface area contributed by atoms with E-state index in [1.54, 1.807) is 6.08 Å². The van der Waals surface area contributed by atoms with Crippen molar-refractivity contribution in [1.29, 1.82) is 0 Å². The predicted octanol–water partition coefficient (Wildman–Crippen LogP) is 2.30. The molecule has 4 nitrogen and oxygen atoms in total. The minimum atomic E-state index is -0.521. The molecule has 0 spiro atoms. The summed E-state index contributed by atoms with van der Waals surface area (Å²) in [6.07, 6.45) is 5.64. The molecule has 21 heavy (non-hydrogen) atoms. The molecule has 0 fully saturated rings. The van der Waals surface area contributed by atoms with Crippen LogP contribution in [-0.2, 0) is 11.2 Å². The molecule has 1 heterocycles. The largest absolute Gasteiger partial charge is 0.493 e. The maximum atomic E-state index is 12.0. The summed E-state index contributed by atoms with van der Waals surface area (Å²) in [7, 11) is 0. The predicted molar refractivity (Wildman–Crippen MR) is 83.2 cm³/mol. The smallest absolute Gasteiger partial charge is 0.244 e. The van der Waals surface area contributed by atoms with Crippen molar-refractivity contribution >= 4 is 12.0 Å². The summed E-state index contributed by atoms with van der Waals surface area (Å²) in [4.78, 5) is 12.0. The second kappa shape index (κ2) is 6.76.